The maximum atomic E-state index is 12.4. The molecule has 4 rings (SSSR count). The second-order valence-corrected chi connectivity index (χ2v) is 7.35. The van der Waals surface area contributed by atoms with Crippen LogP contribution in [-0.4, -0.2) is 39.5 Å². The fraction of sp³-hybridized carbons (Fsp3) is 0.167. The highest BCUT2D eigenvalue weighted by Crippen LogP contribution is 2.36. The largest absolute Gasteiger partial charge is 0.466 e. The summed E-state index contributed by atoms with van der Waals surface area (Å²) in [6.45, 7) is -0.0311. The predicted octanol–water partition coefficient (Wildman–Crippen LogP) is 4.68. The molecule has 0 fully saturated rings. The molecule has 0 amide bonds. The van der Waals surface area contributed by atoms with Gasteiger partial charge >= 0.3 is 11.9 Å². The Balaban J connectivity index is 1.65. The molecule has 1 heterocycles. The monoisotopic (exact) mass is 453 g/mol. The summed E-state index contributed by atoms with van der Waals surface area (Å²) in [6.07, 6.45) is 0. The van der Waals surface area contributed by atoms with Gasteiger partial charge in [0.25, 0.3) is 0 Å². The van der Waals surface area contributed by atoms with Crippen molar-refractivity contribution in [2.75, 3.05) is 32.5 Å². The predicted molar refractivity (Wildman–Crippen MR) is 120 cm³/mol. The van der Waals surface area contributed by atoms with Gasteiger partial charge in [0.15, 0.2) is 0 Å². The minimum atomic E-state index is -0.679. The summed E-state index contributed by atoms with van der Waals surface area (Å²) >= 11 is 6.49. The Labute approximate surface area is 189 Å². The lowest BCUT2D eigenvalue weighted by Gasteiger charge is -2.31. The summed E-state index contributed by atoms with van der Waals surface area (Å²) in [5.74, 6) is -0.262. The fourth-order valence-electron chi connectivity index (χ4n) is 3.45. The highest BCUT2D eigenvalue weighted by molar-refractivity contribution is 6.32. The second-order valence-electron chi connectivity index (χ2n) is 6.94. The Kier molecular flexibility index (Phi) is 6.30. The lowest BCUT2D eigenvalue weighted by molar-refractivity contribution is -0.140. The smallest absolute Gasteiger partial charge is 0.355 e. The Hall–Kier alpha value is -3.55. The van der Waals surface area contributed by atoms with Crippen molar-refractivity contribution in [2.24, 2.45) is 0 Å². The first-order valence-corrected chi connectivity index (χ1v) is 10.1. The molecule has 7 nitrogen and oxygen atoms in total. The van der Waals surface area contributed by atoms with E-state index in [2.05, 4.69) is 0 Å². The molecule has 0 aliphatic carbocycles. The van der Waals surface area contributed by atoms with Gasteiger partial charge < -0.3 is 23.8 Å². The van der Waals surface area contributed by atoms with Gasteiger partial charge in [0, 0.05) is 5.69 Å². The highest BCUT2D eigenvalue weighted by atomic mass is 35.5. The molecule has 164 valence electrons. The van der Waals surface area contributed by atoms with Crippen LogP contribution in [0.25, 0.3) is 10.8 Å². The first-order valence-electron chi connectivity index (χ1n) is 9.73. The molecule has 0 saturated carbocycles. The minimum absolute atomic E-state index is 0.0339. The summed E-state index contributed by atoms with van der Waals surface area (Å²) in [7, 11) is 2.48. The van der Waals surface area contributed by atoms with E-state index in [1.54, 1.807) is 18.2 Å². The minimum Gasteiger partial charge on any atom is -0.466 e. The van der Waals surface area contributed by atoms with E-state index in [1.165, 1.54) is 19.1 Å². The molecule has 0 spiro atoms. The summed E-state index contributed by atoms with van der Waals surface area (Å²) in [4.78, 5) is 26.1. The third-order valence-corrected chi connectivity index (χ3v) is 5.30. The average Bonchev–Trinajstić information content (AvgIpc) is 2.83. The summed E-state index contributed by atoms with van der Waals surface area (Å²) < 4.78 is 21.1. The zero-order valence-corrected chi connectivity index (χ0v) is 18.2. The van der Waals surface area contributed by atoms with E-state index in [9.17, 15) is 9.59 Å². The van der Waals surface area contributed by atoms with Crippen molar-refractivity contribution in [2.45, 2.75) is 0 Å². The van der Waals surface area contributed by atoms with Crippen LogP contribution in [0.1, 0.15) is 0 Å². The van der Waals surface area contributed by atoms with Crippen LogP contribution in [0.15, 0.2) is 71.9 Å². The van der Waals surface area contributed by atoms with Crippen LogP contribution < -0.4 is 9.64 Å². The van der Waals surface area contributed by atoms with Gasteiger partial charge in [-0.05, 0) is 41.1 Å². The van der Waals surface area contributed by atoms with Crippen LogP contribution in [0.3, 0.4) is 0 Å². The quantitative estimate of drug-likeness (QED) is 0.519. The molecule has 0 saturated heterocycles. The molecule has 1 aliphatic heterocycles. The molecule has 0 atom stereocenters. The lowest BCUT2D eigenvalue weighted by atomic mass is 10.1. The highest BCUT2D eigenvalue weighted by Gasteiger charge is 2.32. The number of anilines is 1. The number of esters is 2. The van der Waals surface area contributed by atoms with Crippen molar-refractivity contribution in [1.29, 1.82) is 0 Å². The van der Waals surface area contributed by atoms with E-state index >= 15 is 0 Å². The number of rotatable bonds is 5. The molecule has 3 aromatic carbocycles. The van der Waals surface area contributed by atoms with Gasteiger partial charge in [0.05, 0.1) is 31.4 Å². The zero-order valence-electron chi connectivity index (χ0n) is 17.5. The topological polar surface area (TPSA) is 74.3 Å². The molecule has 1 aliphatic rings. The van der Waals surface area contributed by atoms with Crippen LogP contribution in [0.2, 0.25) is 5.02 Å². The maximum Gasteiger partial charge on any atom is 0.355 e. The van der Waals surface area contributed by atoms with Gasteiger partial charge in [-0.25, -0.2) is 9.59 Å². The number of methoxy groups -OCH3 is 2. The normalized spacial score (nSPS) is 13.8. The summed E-state index contributed by atoms with van der Waals surface area (Å²) in [5, 5.41) is 2.48. The van der Waals surface area contributed by atoms with Crippen LogP contribution in [0.4, 0.5) is 5.69 Å². The van der Waals surface area contributed by atoms with Crippen molar-refractivity contribution in [3.8, 4) is 11.5 Å². The van der Waals surface area contributed by atoms with E-state index in [0.717, 1.165) is 10.8 Å². The number of fused-ring (bicyclic) bond motifs is 1. The number of benzene rings is 3. The Morgan fingerprint density at radius 2 is 1.69 bits per heavy atom. The molecule has 8 heteroatoms. The van der Waals surface area contributed by atoms with Crippen molar-refractivity contribution in [1.82, 2.24) is 0 Å². The van der Waals surface area contributed by atoms with E-state index in [1.807, 2.05) is 42.5 Å². The average molecular weight is 454 g/mol. The molecule has 0 radical (unpaired) electrons. The molecule has 0 aromatic heterocycles. The van der Waals surface area contributed by atoms with Crippen molar-refractivity contribution >= 4 is 40.0 Å². The number of halogens is 1. The van der Waals surface area contributed by atoms with Crippen LogP contribution in [-0.2, 0) is 23.8 Å². The number of hydrogen-bond donors (Lipinski definition) is 0. The molecule has 0 unspecified atom stereocenters. The maximum absolute atomic E-state index is 12.4. The van der Waals surface area contributed by atoms with Gasteiger partial charge in [-0.1, -0.05) is 41.9 Å². The first kappa shape index (κ1) is 21.7. The number of carbonyl (C=O) groups excluding carboxylic acids is 2. The SMILES string of the molecule is COC(=O)C1=C(C(=O)OC)N(c2ccc(Oc3ccc4ccccc4c3)c(Cl)c2)COC1. The fourth-order valence-corrected chi connectivity index (χ4v) is 3.66. The Morgan fingerprint density at radius 3 is 2.41 bits per heavy atom. The van der Waals surface area contributed by atoms with Gasteiger partial charge in [-0.3, -0.25) is 0 Å². The van der Waals surface area contributed by atoms with Gasteiger partial charge in [-0.2, -0.15) is 0 Å². The van der Waals surface area contributed by atoms with Gasteiger partial charge in [-0.15, -0.1) is 0 Å². The first-order chi connectivity index (χ1) is 15.5. The van der Waals surface area contributed by atoms with E-state index in [0.29, 0.717) is 22.2 Å². The van der Waals surface area contributed by atoms with Crippen molar-refractivity contribution in [3.05, 3.63) is 77.0 Å². The lowest BCUT2D eigenvalue weighted by Crippen LogP contribution is -2.38. The number of nitrogens with zero attached hydrogens (tertiary/aromatic N) is 1. The zero-order chi connectivity index (χ0) is 22.7. The molecule has 32 heavy (non-hydrogen) atoms. The molecule has 0 N–H and O–H groups in total. The van der Waals surface area contributed by atoms with Crippen LogP contribution in [0, 0.1) is 0 Å². The Bertz CT molecular complexity index is 1220. The van der Waals surface area contributed by atoms with Crippen molar-refractivity contribution < 1.29 is 28.5 Å². The van der Waals surface area contributed by atoms with Crippen LogP contribution in [0.5, 0.6) is 11.5 Å². The number of ether oxygens (including phenoxy) is 4. The standard InChI is InChI=1S/C24H20ClNO6/c1-29-23(27)19-13-31-14-26(22(19)24(28)30-2)17-8-10-21(20(25)12-17)32-18-9-7-15-5-3-4-6-16(15)11-18/h3-12H,13-14H2,1-2H3. The third-order valence-electron chi connectivity index (χ3n) is 5.01. The third kappa shape index (κ3) is 4.26. The second kappa shape index (κ2) is 9.30. The molecular weight excluding hydrogens is 434 g/mol. The molecule has 0 bridgehead atoms. The van der Waals surface area contributed by atoms with Crippen LogP contribution >= 0.6 is 11.6 Å². The summed E-state index contributed by atoms with van der Waals surface area (Å²) in [6, 6.07) is 18.8. The number of carbonyl (C=O) groups is 2. The molecular formula is C24H20ClNO6. The summed E-state index contributed by atoms with van der Waals surface area (Å²) in [5.41, 5.74) is 0.644. The van der Waals surface area contributed by atoms with Gasteiger partial charge in [0.2, 0.25) is 0 Å². The van der Waals surface area contributed by atoms with Crippen molar-refractivity contribution in [3.63, 3.8) is 0 Å². The Morgan fingerprint density at radius 1 is 0.938 bits per heavy atom. The van der Waals surface area contributed by atoms with E-state index in [-0.39, 0.29) is 24.6 Å². The molecule has 3 aromatic rings. The number of hydrogen-bond acceptors (Lipinski definition) is 7. The van der Waals surface area contributed by atoms with E-state index < -0.39 is 11.9 Å². The van der Waals surface area contributed by atoms with Gasteiger partial charge in [0.1, 0.15) is 23.9 Å². The van der Waals surface area contributed by atoms with E-state index in [4.69, 9.17) is 30.5 Å².